The maximum absolute atomic E-state index is 13.7. The predicted octanol–water partition coefficient (Wildman–Crippen LogP) is 3.87. The van der Waals surface area contributed by atoms with Gasteiger partial charge < -0.3 is 10.5 Å². The number of carbonyl (C=O) groups is 1. The van der Waals surface area contributed by atoms with E-state index in [0.29, 0.717) is 10.6 Å². The molecule has 6 heteroatoms. The maximum Gasteiger partial charge on any atom is 0.339 e. The smallest absolute Gasteiger partial charge is 0.339 e. The fraction of sp³-hybridized carbons (Fsp3) is 0.133. The molecule has 0 aromatic heterocycles. The first-order valence-corrected chi connectivity index (χ1v) is 7.02. The lowest BCUT2D eigenvalue weighted by molar-refractivity contribution is 0.0522. The molecule has 2 rings (SSSR count). The summed E-state index contributed by atoms with van der Waals surface area (Å²) in [6.45, 7) is 1.92. The van der Waals surface area contributed by atoms with Gasteiger partial charge in [-0.15, -0.1) is 0 Å². The summed E-state index contributed by atoms with van der Waals surface area (Å²) >= 11 is 1.01. The van der Waals surface area contributed by atoms with Crippen LogP contribution in [0.5, 0.6) is 0 Å². The summed E-state index contributed by atoms with van der Waals surface area (Å²) in [6.07, 6.45) is 0. The molecule has 0 unspecified atom stereocenters. The normalized spacial score (nSPS) is 10.4. The number of hydrogen-bond acceptors (Lipinski definition) is 4. The Morgan fingerprint density at radius 2 is 1.90 bits per heavy atom. The van der Waals surface area contributed by atoms with Gasteiger partial charge in [-0.25, -0.2) is 13.6 Å². The van der Waals surface area contributed by atoms with Crippen LogP contribution >= 0.6 is 11.8 Å². The molecule has 0 spiro atoms. The van der Waals surface area contributed by atoms with Gasteiger partial charge in [-0.2, -0.15) is 0 Å². The average molecular weight is 309 g/mol. The van der Waals surface area contributed by atoms with Crippen LogP contribution in [0.25, 0.3) is 0 Å². The number of anilines is 1. The molecule has 0 fully saturated rings. The first kappa shape index (κ1) is 15.3. The minimum Gasteiger partial charge on any atom is -0.462 e. The van der Waals surface area contributed by atoms with Crippen molar-refractivity contribution in [2.75, 3.05) is 12.3 Å². The van der Waals surface area contributed by atoms with Crippen LogP contribution in [0.15, 0.2) is 46.2 Å². The van der Waals surface area contributed by atoms with Crippen LogP contribution in [0, 0.1) is 11.6 Å². The molecule has 0 bridgehead atoms. The van der Waals surface area contributed by atoms with Gasteiger partial charge in [-0.1, -0.05) is 11.8 Å². The summed E-state index contributed by atoms with van der Waals surface area (Å²) in [6, 6.07) is 7.96. The van der Waals surface area contributed by atoms with Gasteiger partial charge in [-0.3, -0.25) is 0 Å². The molecule has 110 valence electrons. The average Bonchev–Trinajstić information content (AvgIpc) is 2.43. The Morgan fingerprint density at radius 1 is 1.19 bits per heavy atom. The Balaban J connectivity index is 2.37. The molecule has 3 nitrogen and oxygen atoms in total. The van der Waals surface area contributed by atoms with E-state index >= 15 is 0 Å². The number of halogens is 2. The molecular weight excluding hydrogens is 296 g/mol. The number of benzene rings is 2. The standard InChI is InChI=1S/C15H13F2NO2S/c1-2-20-15(19)11-8-10(18)4-6-13(11)21-14-5-3-9(16)7-12(14)17/h3-8H,2,18H2,1H3. The Bertz CT molecular complexity index is 677. The quantitative estimate of drug-likeness (QED) is 0.688. The van der Waals surface area contributed by atoms with Crippen LogP contribution < -0.4 is 5.73 Å². The highest BCUT2D eigenvalue weighted by Crippen LogP contribution is 2.33. The summed E-state index contributed by atoms with van der Waals surface area (Å²) in [4.78, 5) is 12.6. The molecule has 0 radical (unpaired) electrons. The molecule has 0 atom stereocenters. The molecular formula is C15H13F2NO2S. The highest BCUT2D eigenvalue weighted by Gasteiger charge is 2.15. The Labute approximate surface area is 125 Å². The lowest BCUT2D eigenvalue weighted by atomic mass is 10.2. The number of carbonyl (C=O) groups excluding carboxylic acids is 1. The van der Waals surface area contributed by atoms with E-state index in [1.807, 2.05) is 0 Å². The topological polar surface area (TPSA) is 52.3 Å². The van der Waals surface area contributed by atoms with Crippen molar-refractivity contribution in [3.8, 4) is 0 Å². The molecule has 2 aromatic carbocycles. The lowest BCUT2D eigenvalue weighted by Crippen LogP contribution is -2.07. The third-order valence-corrected chi connectivity index (χ3v) is 3.74. The molecule has 0 amide bonds. The van der Waals surface area contributed by atoms with E-state index in [9.17, 15) is 13.6 Å². The van der Waals surface area contributed by atoms with Gasteiger partial charge in [0.1, 0.15) is 11.6 Å². The van der Waals surface area contributed by atoms with Crippen LogP contribution in [-0.4, -0.2) is 12.6 Å². The van der Waals surface area contributed by atoms with Crippen molar-refractivity contribution in [2.45, 2.75) is 16.7 Å². The number of nitrogen functional groups attached to an aromatic ring is 1. The fourth-order valence-electron chi connectivity index (χ4n) is 1.68. The van der Waals surface area contributed by atoms with E-state index in [4.69, 9.17) is 10.5 Å². The van der Waals surface area contributed by atoms with E-state index in [1.165, 1.54) is 12.1 Å². The first-order valence-electron chi connectivity index (χ1n) is 6.20. The fourth-order valence-corrected chi connectivity index (χ4v) is 2.60. The summed E-state index contributed by atoms with van der Waals surface area (Å²) in [7, 11) is 0. The van der Waals surface area contributed by atoms with Gasteiger partial charge >= 0.3 is 5.97 Å². The molecule has 2 aromatic rings. The molecule has 2 N–H and O–H groups in total. The van der Waals surface area contributed by atoms with Crippen molar-refractivity contribution in [2.24, 2.45) is 0 Å². The SMILES string of the molecule is CCOC(=O)c1cc(N)ccc1Sc1ccc(F)cc1F. The van der Waals surface area contributed by atoms with Crippen LogP contribution in [0.3, 0.4) is 0 Å². The van der Waals surface area contributed by atoms with Crippen LogP contribution in [0.2, 0.25) is 0 Å². The molecule has 0 saturated heterocycles. The Morgan fingerprint density at radius 3 is 2.57 bits per heavy atom. The van der Waals surface area contributed by atoms with Gasteiger partial charge in [0.15, 0.2) is 0 Å². The highest BCUT2D eigenvalue weighted by atomic mass is 32.2. The van der Waals surface area contributed by atoms with Crippen molar-refractivity contribution < 1.29 is 18.3 Å². The number of esters is 1. The number of hydrogen-bond donors (Lipinski definition) is 1. The Hall–Kier alpha value is -2.08. The van der Waals surface area contributed by atoms with Crippen LogP contribution in [-0.2, 0) is 4.74 Å². The van der Waals surface area contributed by atoms with Crippen molar-refractivity contribution in [1.29, 1.82) is 0 Å². The molecule has 0 aliphatic rings. The number of nitrogens with two attached hydrogens (primary N) is 1. The summed E-state index contributed by atoms with van der Waals surface area (Å²) in [5.74, 6) is -1.87. The van der Waals surface area contributed by atoms with Gasteiger partial charge in [0.2, 0.25) is 0 Å². The highest BCUT2D eigenvalue weighted by molar-refractivity contribution is 7.99. The zero-order valence-electron chi connectivity index (χ0n) is 11.2. The lowest BCUT2D eigenvalue weighted by Gasteiger charge is -2.10. The minimum atomic E-state index is -0.688. The monoisotopic (exact) mass is 309 g/mol. The molecule has 21 heavy (non-hydrogen) atoms. The van der Waals surface area contributed by atoms with E-state index in [0.717, 1.165) is 23.9 Å². The van der Waals surface area contributed by atoms with Crippen molar-refractivity contribution in [3.63, 3.8) is 0 Å². The molecule has 0 heterocycles. The first-order chi connectivity index (χ1) is 10.0. The molecule has 0 saturated carbocycles. The second-order valence-electron chi connectivity index (χ2n) is 4.15. The minimum absolute atomic E-state index is 0.215. The summed E-state index contributed by atoms with van der Waals surface area (Å²) in [5.41, 5.74) is 6.32. The van der Waals surface area contributed by atoms with Gasteiger partial charge in [-0.05, 0) is 37.3 Å². The van der Waals surface area contributed by atoms with Crippen molar-refractivity contribution >= 4 is 23.4 Å². The zero-order valence-corrected chi connectivity index (χ0v) is 12.0. The summed E-state index contributed by atoms with van der Waals surface area (Å²) in [5, 5.41) is 0. The third-order valence-electron chi connectivity index (χ3n) is 2.61. The Kier molecular flexibility index (Phi) is 4.80. The zero-order chi connectivity index (χ0) is 15.4. The van der Waals surface area contributed by atoms with Crippen molar-refractivity contribution in [1.82, 2.24) is 0 Å². The number of rotatable bonds is 4. The van der Waals surface area contributed by atoms with Crippen LogP contribution in [0.4, 0.5) is 14.5 Å². The van der Waals surface area contributed by atoms with E-state index < -0.39 is 17.6 Å². The van der Waals surface area contributed by atoms with Gasteiger partial charge in [0.25, 0.3) is 0 Å². The largest absolute Gasteiger partial charge is 0.462 e. The number of ether oxygens (including phenoxy) is 1. The van der Waals surface area contributed by atoms with E-state index in [2.05, 4.69) is 0 Å². The van der Waals surface area contributed by atoms with Crippen LogP contribution in [0.1, 0.15) is 17.3 Å². The van der Waals surface area contributed by atoms with Gasteiger partial charge in [0, 0.05) is 21.5 Å². The van der Waals surface area contributed by atoms with E-state index in [1.54, 1.807) is 19.1 Å². The predicted molar refractivity (Wildman–Crippen MR) is 77.3 cm³/mol. The second-order valence-corrected chi connectivity index (χ2v) is 5.24. The van der Waals surface area contributed by atoms with E-state index in [-0.39, 0.29) is 17.1 Å². The van der Waals surface area contributed by atoms with Gasteiger partial charge in [0.05, 0.1) is 12.2 Å². The maximum atomic E-state index is 13.7. The molecule has 0 aliphatic carbocycles. The summed E-state index contributed by atoms with van der Waals surface area (Å²) < 4.78 is 31.6. The van der Waals surface area contributed by atoms with Crippen molar-refractivity contribution in [3.05, 3.63) is 53.6 Å². The third kappa shape index (κ3) is 3.72. The molecule has 0 aliphatic heterocycles. The second kappa shape index (κ2) is 6.58.